The normalized spacial score (nSPS) is 19.5. The molecule has 0 saturated heterocycles. The summed E-state index contributed by atoms with van der Waals surface area (Å²) in [5.74, 6) is 1.72. The van der Waals surface area contributed by atoms with Crippen LogP contribution < -0.4 is 9.47 Å². The lowest BCUT2D eigenvalue weighted by Gasteiger charge is -2.32. The molecule has 3 nitrogen and oxygen atoms in total. The lowest BCUT2D eigenvalue weighted by molar-refractivity contribution is -0.00354. The maximum absolute atomic E-state index is 10.7. The summed E-state index contributed by atoms with van der Waals surface area (Å²) in [4.78, 5) is 0. The molecule has 0 atom stereocenters. The Morgan fingerprint density at radius 1 is 1.17 bits per heavy atom. The summed E-state index contributed by atoms with van der Waals surface area (Å²) < 4.78 is 10.8. The number of fused-ring (bicyclic) bond motifs is 1. The van der Waals surface area contributed by atoms with E-state index in [4.69, 9.17) is 9.47 Å². The number of hydrogen-bond donors (Lipinski definition) is 1. The van der Waals surface area contributed by atoms with Crippen LogP contribution in [0.2, 0.25) is 0 Å². The molecule has 1 N–H and O–H groups in total. The molecule has 1 fully saturated rings. The standard InChI is InChI=1S/C21H30O3/c1-2-17(11-14-21(22)12-4-3-5-13-21)7-6-8-18-9-10-19-20(15-18)24-16-23-19/h7,9-10,15,22H,2-6,8,11-14,16H2,1H3. The monoisotopic (exact) mass is 330 g/mol. The van der Waals surface area contributed by atoms with E-state index in [9.17, 15) is 5.11 Å². The molecule has 1 saturated carbocycles. The first kappa shape index (κ1) is 17.3. The zero-order valence-electron chi connectivity index (χ0n) is 14.9. The maximum Gasteiger partial charge on any atom is 0.231 e. The summed E-state index contributed by atoms with van der Waals surface area (Å²) in [6.07, 6.45) is 13.1. The minimum Gasteiger partial charge on any atom is -0.454 e. The third kappa shape index (κ3) is 4.54. The quantitative estimate of drug-likeness (QED) is 0.702. The van der Waals surface area contributed by atoms with Gasteiger partial charge in [0, 0.05) is 0 Å². The fourth-order valence-electron chi connectivity index (χ4n) is 3.82. The Morgan fingerprint density at radius 2 is 1.96 bits per heavy atom. The molecule has 2 aliphatic rings. The molecule has 1 aromatic carbocycles. The van der Waals surface area contributed by atoms with Gasteiger partial charge in [0.05, 0.1) is 5.60 Å². The topological polar surface area (TPSA) is 38.7 Å². The van der Waals surface area contributed by atoms with Crippen LogP contribution in [0.5, 0.6) is 11.5 Å². The van der Waals surface area contributed by atoms with Crippen LogP contribution in [-0.2, 0) is 6.42 Å². The number of rotatable bonds is 7. The largest absolute Gasteiger partial charge is 0.454 e. The number of aryl methyl sites for hydroxylation is 1. The van der Waals surface area contributed by atoms with E-state index in [1.807, 2.05) is 6.07 Å². The zero-order chi connectivity index (χ0) is 16.8. The lowest BCUT2D eigenvalue weighted by atomic mass is 9.80. The van der Waals surface area contributed by atoms with Gasteiger partial charge in [-0.3, -0.25) is 0 Å². The van der Waals surface area contributed by atoms with E-state index < -0.39 is 5.60 Å². The van der Waals surface area contributed by atoms with Gasteiger partial charge in [0.2, 0.25) is 6.79 Å². The zero-order valence-corrected chi connectivity index (χ0v) is 14.9. The van der Waals surface area contributed by atoms with Crippen LogP contribution in [-0.4, -0.2) is 17.5 Å². The SMILES string of the molecule is CCC(=CCCc1ccc2c(c1)OCO2)CCC1(O)CCCCC1. The molecule has 1 aliphatic carbocycles. The summed E-state index contributed by atoms with van der Waals surface area (Å²) in [5.41, 5.74) is 2.37. The smallest absolute Gasteiger partial charge is 0.231 e. The van der Waals surface area contributed by atoms with Crippen LogP contribution in [0.15, 0.2) is 29.8 Å². The fraction of sp³-hybridized carbons (Fsp3) is 0.619. The van der Waals surface area contributed by atoms with Crippen LogP contribution in [0, 0.1) is 0 Å². The van der Waals surface area contributed by atoms with E-state index in [-0.39, 0.29) is 0 Å². The highest BCUT2D eigenvalue weighted by Gasteiger charge is 2.28. The molecule has 3 heteroatoms. The van der Waals surface area contributed by atoms with Crippen molar-refractivity contribution < 1.29 is 14.6 Å². The summed E-state index contributed by atoms with van der Waals surface area (Å²) in [5, 5.41) is 10.7. The Hall–Kier alpha value is -1.48. The lowest BCUT2D eigenvalue weighted by Crippen LogP contribution is -2.31. The van der Waals surface area contributed by atoms with Gasteiger partial charge in [-0.1, -0.05) is 43.9 Å². The van der Waals surface area contributed by atoms with Crippen molar-refractivity contribution in [3.8, 4) is 11.5 Å². The Bertz CT molecular complexity index is 570. The number of aliphatic hydroxyl groups is 1. The second kappa shape index (κ2) is 8.06. The van der Waals surface area contributed by atoms with Crippen molar-refractivity contribution in [1.82, 2.24) is 0 Å². The van der Waals surface area contributed by atoms with Gasteiger partial charge >= 0.3 is 0 Å². The predicted molar refractivity (Wildman–Crippen MR) is 96.5 cm³/mol. The highest BCUT2D eigenvalue weighted by atomic mass is 16.7. The van der Waals surface area contributed by atoms with Gasteiger partial charge < -0.3 is 14.6 Å². The average molecular weight is 330 g/mol. The summed E-state index contributed by atoms with van der Waals surface area (Å²) in [6.45, 7) is 2.55. The van der Waals surface area contributed by atoms with Crippen LogP contribution in [0.3, 0.4) is 0 Å². The van der Waals surface area contributed by atoms with E-state index in [0.717, 1.165) is 56.4 Å². The summed E-state index contributed by atoms with van der Waals surface area (Å²) in [6, 6.07) is 6.21. The molecule has 1 heterocycles. The van der Waals surface area contributed by atoms with Gasteiger partial charge in [-0.2, -0.15) is 0 Å². The van der Waals surface area contributed by atoms with Crippen LogP contribution in [0.1, 0.15) is 70.3 Å². The van der Waals surface area contributed by atoms with Crippen molar-refractivity contribution in [3.05, 3.63) is 35.4 Å². The Labute approximate surface area is 145 Å². The average Bonchev–Trinajstić information content (AvgIpc) is 3.06. The Morgan fingerprint density at radius 3 is 2.75 bits per heavy atom. The van der Waals surface area contributed by atoms with Crippen LogP contribution in [0.25, 0.3) is 0 Å². The van der Waals surface area contributed by atoms with Crippen LogP contribution >= 0.6 is 0 Å². The van der Waals surface area contributed by atoms with Gasteiger partial charge in [0.15, 0.2) is 11.5 Å². The second-order valence-electron chi connectivity index (χ2n) is 7.23. The third-order valence-electron chi connectivity index (χ3n) is 5.45. The van der Waals surface area contributed by atoms with Crippen molar-refractivity contribution in [2.75, 3.05) is 6.79 Å². The van der Waals surface area contributed by atoms with Gasteiger partial charge in [-0.15, -0.1) is 0 Å². The number of benzene rings is 1. The van der Waals surface area contributed by atoms with Crippen LogP contribution in [0.4, 0.5) is 0 Å². The minimum absolute atomic E-state index is 0.335. The number of hydrogen-bond acceptors (Lipinski definition) is 3. The molecule has 0 amide bonds. The van der Waals surface area contributed by atoms with Gasteiger partial charge in [0.25, 0.3) is 0 Å². The number of ether oxygens (including phenoxy) is 2. The molecule has 0 radical (unpaired) electrons. The maximum atomic E-state index is 10.7. The second-order valence-corrected chi connectivity index (χ2v) is 7.23. The molecular weight excluding hydrogens is 300 g/mol. The molecule has 0 bridgehead atoms. The first-order valence-corrected chi connectivity index (χ1v) is 9.47. The van der Waals surface area contributed by atoms with E-state index in [0.29, 0.717) is 6.79 Å². The molecule has 0 spiro atoms. The molecule has 1 aliphatic heterocycles. The molecule has 1 aromatic rings. The van der Waals surface area contributed by atoms with Crippen molar-refractivity contribution in [2.24, 2.45) is 0 Å². The van der Waals surface area contributed by atoms with E-state index >= 15 is 0 Å². The molecule has 0 unspecified atom stereocenters. The molecule has 3 rings (SSSR count). The van der Waals surface area contributed by atoms with E-state index in [1.54, 1.807) is 0 Å². The number of allylic oxidation sites excluding steroid dienone is 2. The van der Waals surface area contributed by atoms with Crippen molar-refractivity contribution in [3.63, 3.8) is 0 Å². The highest BCUT2D eigenvalue weighted by Crippen LogP contribution is 2.34. The van der Waals surface area contributed by atoms with Gasteiger partial charge in [-0.05, 0) is 62.6 Å². The fourth-order valence-corrected chi connectivity index (χ4v) is 3.82. The molecule has 24 heavy (non-hydrogen) atoms. The van der Waals surface area contributed by atoms with Gasteiger partial charge in [-0.25, -0.2) is 0 Å². The molecule has 0 aromatic heterocycles. The van der Waals surface area contributed by atoms with E-state index in [1.165, 1.54) is 30.4 Å². The minimum atomic E-state index is -0.399. The first-order valence-electron chi connectivity index (χ1n) is 9.47. The van der Waals surface area contributed by atoms with Gasteiger partial charge in [0.1, 0.15) is 0 Å². The van der Waals surface area contributed by atoms with Crippen molar-refractivity contribution in [2.45, 2.75) is 76.7 Å². The Kier molecular flexibility index (Phi) is 5.83. The van der Waals surface area contributed by atoms with Crippen molar-refractivity contribution >= 4 is 0 Å². The Balaban J connectivity index is 1.48. The summed E-state index contributed by atoms with van der Waals surface area (Å²) in [7, 11) is 0. The van der Waals surface area contributed by atoms with E-state index in [2.05, 4.69) is 25.1 Å². The molecular formula is C21H30O3. The highest BCUT2D eigenvalue weighted by molar-refractivity contribution is 5.44. The third-order valence-corrected chi connectivity index (χ3v) is 5.45. The molecule has 132 valence electrons. The van der Waals surface area contributed by atoms with Crippen molar-refractivity contribution in [1.29, 1.82) is 0 Å². The summed E-state index contributed by atoms with van der Waals surface area (Å²) >= 11 is 0. The first-order chi connectivity index (χ1) is 11.7. The predicted octanol–water partition coefficient (Wildman–Crippen LogP) is 5.16.